The Bertz CT molecular complexity index is 243. The molecule has 0 aliphatic rings. The van der Waals surface area contributed by atoms with E-state index >= 15 is 0 Å². The van der Waals surface area contributed by atoms with Crippen LogP contribution in [0.1, 0.15) is 116 Å². The molecule has 0 radical (unpaired) electrons. The highest BCUT2D eigenvalue weighted by Gasteiger charge is 2.26. The quantitative estimate of drug-likeness (QED) is 0.248. The summed E-state index contributed by atoms with van der Waals surface area (Å²) in [6.07, 6.45) is 22.2. The van der Waals surface area contributed by atoms with Crippen LogP contribution < -0.4 is 0 Å². The van der Waals surface area contributed by atoms with Gasteiger partial charge in [-0.2, -0.15) is 0 Å². The predicted molar refractivity (Wildman–Crippen MR) is 108 cm³/mol. The minimum absolute atomic E-state index is 0.126. The molecule has 0 aromatic rings. The highest BCUT2D eigenvalue weighted by Crippen LogP contribution is 2.24. The largest absolute Gasteiger partial charge is 0.396 e. The Hall–Kier alpha value is -0.120. The van der Waals surface area contributed by atoms with Gasteiger partial charge in [0.2, 0.25) is 0 Å². The third-order valence-electron chi connectivity index (χ3n) is 5.57. The average Bonchev–Trinajstić information content (AvgIpc) is 2.65. The fraction of sp³-hybridized carbons (Fsp3) is 1.00. The first-order valence-electron chi connectivity index (χ1n) is 11.1. The molecule has 0 bridgehead atoms. The van der Waals surface area contributed by atoms with E-state index in [1.807, 2.05) is 0 Å². The van der Waals surface area contributed by atoms with Crippen molar-refractivity contribution in [2.24, 2.45) is 5.41 Å². The van der Waals surface area contributed by atoms with Gasteiger partial charge >= 0.3 is 0 Å². The molecular weight excluding hydrogens is 312 g/mol. The van der Waals surface area contributed by atoms with Crippen LogP contribution in [0.3, 0.4) is 0 Å². The van der Waals surface area contributed by atoms with Crippen molar-refractivity contribution in [2.75, 3.05) is 19.8 Å². The van der Waals surface area contributed by atoms with Crippen molar-refractivity contribution in [2.45, 2.75) is 116 Å². The molecule has 0 heterocycles. The number of hydrogen-bond acceptors (Lipinski definition) is 3. The minimum atomic E-state index is -0.671. The smallest absolute Gasteiger partial charge is 0.0531 e. The van der Waals surface area contributed by atoms with Gasteiger partial charge in [-0.3, -0.25) is 0 Å². The molecule has 3 nitrogen and oxygen atoms in total. The molecule has 0 saturated heterocycles. The standard InChI is InChI=1S/C22H46O3/c1-2-3-4-5-6-7-8-9-10-11-12-13-14-15-16-17-18-22(19-23,20-24)21-25/h23-25H,2-21H2,1H3. The molecule has 3 N–H and O–H groups in total. The number of hydrogen-bond donors (Lipinski definition) is 3. The van der Waals surface area contributed by atoms with Gasteiger partial charge in [0.1, 0.15) is 0 Å². The molecule has 0 aromatic carbocycles. The van der Waals surface area contributed by atoms with Crippen LogP contribution in [-0.2, 0) is 0 Å². The maximum atomic E-state index is 9.28. The van der Waals surface area contributed by atoms with Gasteiger partial charge in [0.05, 0.1) is 19.8 Å². The van der Waals surface area contributed by atoms with Crippen molar-refractivity contribution < 1.29 is 15.3 Å². The van der Waals surface area contributed by atoms with Crippen molar-refractivity contribution in [3.05, 3.63) is 0 Å². The van der Waals surface area contributed by atoms with Crippen LogP contribution >= 0.6 is 0 Å². The van der Waals surface area contributed by atoms with E-state index in [1.54, 1.807) is 0 Å². The van der Waals surface area contributed by atoms with Crippen LogP contribution in [0.25, 0.3) is 0 Å². The van der Waals surface area contributed by atoms with E-state index in [0.29, 0.717) is 0 Å². The van der Waals surface area contributed by atoms with E-state index in [0.717, 1.165) is 19.3 Å². The summed E-state index contributed by atoms with van der Waals surface area (Å²) in [5.41, 5.74) is -0.671. The van der Waals surface area contributed by atoms with E-state index < -0.39 is 5.41 Å². The number of aliphatic hydroxyl groups excluding tert-OH is 3. The van der Waals surface area contributed by atoms with Crippen LogP contribution in [0.4, 0.5) is 0 Å². The van der Waals surface area contributed by atoms with Gasteiger partial charge in [-0.25, -0.2) is 0 Å². The van der Waals surface area contributed by atoms with Crippen molar-refractivity contribution in [3.8, 4) is 0 Å². The van der Waals surface area contributed by atoms with E-state index in [2.05, 4.69) is 6.92 Å². The average molecular weight is 359 g/mol. The molecule has 0 saturated carbocycles. The fourth-order valence-corrected chi connectivity index (χ4v) is 3.44. The zero-order chi connectivity index (χ0) is 18.6. The third kappa shape index (κ3) is 14.7. The highest BCUT2D eigenvalue weighted by molar-refractivity contribution is 4.76. The normalized spacial score (nSPS) is 12.0. The Kier molecular flexibility index (Phi) is 18.6. The zero-order valence-corrected chi connectivity index (χ0v) is 17.0. The molecular formula is C22H46O3. The van der Waals surface area contributed by atoms with Crippen molar-refractivity contribution in [1.29, 1.82) is 0 Å². The molecule has 0 amide bonds. The topological polar surface area (TPSA) is 60.7 Å². The SMILES string of the molecule is CCCCCCCCCCCCCCCCCCC(CO)(CO)CO. The maximum absolute atomic E-state index is 9.28. The van der Waals surface area contributed by atoms with Crippen molar-refractivity contribution in [3.63, 3.8) is 0 Å². The Labute approximate surface area is 157 Å². The molecule has 25 heavy (non-hydrogen) atoms. The summed E-state index contributed by atoms with van der Waals surface area (Å²) < 4.78 is 0. The summed E-state index contributed by atoms with van der Waals surface area (Å²) in [5, 5.41) is 27.8. The summed E-state index contributed by atoms with van der Waals surface area (Å²) in [7, 11) is 0. The molecule has 0 rings (SSSR count). The van der Waals surface area contributed by atoms with Gasteiger partial charge in [-0.05, 0) is 6.42 Å². The van der Waals surface area contributed by atoms with Crippen LogP contribution in [0.2, 0.25) is 0 Å². The lowest BCUT2D eigenvalue weighted by Crippen LogP contribution is -2.33. The molecule has 0 atom stereocenters. The number of aliphatic hydroxyl groups is 3. The Morgan fingerprint density at radius 2 is 0.720 bits per heavy atom. The first-order chi connectivity index (χ1) is 12.2. The van der Waals surface area contributed by atoms with Gasteiger partial charge in [0, 0.05) is 5.41 Å². The second-order valence-electron chi connectivity index (χ2n) is 8.03. The van der Waals surface area contributed by atoms with Crippen LogP contribution in [0.5, 0.6) is 0 Å². The van der Waals surface area contributed by atoms with E-state index in [9.17, 15) is 15.3 Å². The molecule has 0 fully saturated rings. The summed E-state index contributed by atoms with van der Waals surface area (Å²) in [4.78, 5) is 0. The summed E-state index contributed by atoms with van der Waals surface area (Å²) in [6.45, 7) is 1.90. The Morgan fingerprint density at radius 3 is 1.00 bits per heavy atom. The zero-order valence-electron chi connectivity index (χ0n) is 17.0. The van der Waals surface area contributed by atoms with E-state index in [4.69, 9.17) is 0 Å². The van der Waals surface area contributed by atoms with Gasteiger partial charge in [-0.15, -0.1) is 0 Å². The van der Waals surface area contributed by atoms with Crippen molar-refractivity contribution >= 4 is 0 Å². The first-order valence-corrected chi connectivity index (χ1v) is 11.1. The fourth-order valence-electron chi connectivity index (χ4n) is 3.44. The van der Waals surface area contributed by atoms with Crippen LogP contribution in [0, 0.1) is 5.41 Å². The Balaban J connectivity index is 3.21. The molecule has 0 aliphatic carbocycles. The van der Waals surface area contributed by atoms with Gasteiger partial charge < -0.3 is 15.3 Å². The molecule has 0 unspecified atom stereocenters. The molecule has 0 spiro atoms. The van der Waals surface area contributed by atoms with Crippen LogP contribution in [-0.4, -0.2) is 35.1 Å². The lowest BCUT2D eigenvalue weighted by molar-refractivity contribution is -0.00230. The van der Waals surface area contributed by atoms with Crippen molar-refractivity contribution in [1.82, 2.24) is 0 Å². The predicted octanol–water partition coefficient (Wildman–Crippen LogP) is 5.60. The first kappa shape index (κ1) is 24.9. The third-order valence-corrected chi connectivity index (χ3v) is 5.57. The summed E-state index contributed by atoms with van der Waals surface area (Å²) >= 11 is 0. The van der Waals surface area contributed by atoms with Crippen LogP contribution in [0.15, 0.2) is 0 Å². The second-order valence-corrected chi connectivity index (χ2v) is 8.03. The molecule has 152 valence electrons. The number of unbranched alkanes of at least 4 members (excludes halogenated alkanes) is 15. The highest BCUT2D eigenvalue weighted by atomic mass is 16.3. The maximum Gasteiger partial charge on any atom is 0.0531 e. The number of rotatable bonds is 20. The summed E-state index contributed by atoms with van der Waals surface area (Å²) in [5.74, 6) is 0. The monoisotopic (exact) mass is 358 g/mol. The molecule has 3 heteroatoms. The second kappa shape index (κ2) is 18.7. The Morgan fingerprint density at radius 1 is 0.440 bits per heavy atom. The summed E-state index contributed by atoms with van der Waals surface area (Å²) in [6, 6.07) is 0. The van der Waals surface area contributed by atoms with E-state index in [-0.39, 0.29) is 19.8 Å². The minimum Gasteiger partial charge on any atom is -0.396 e. The van der Waals surface area contributed by atoms with Gasteiger partial charge in [-0.1, -0.05) is 110 Å². The lowest BCUT2D eigenvalue weighted by Gasteiger charge is -2.27. The van der Waals surface area contributed by atoms with E-state index in [1.165, 1.54) is 89.9 Å². The van der Waals surface area contributed by atoms with Gasteiger partial charge in [0.15, 0.2) is 0 Å². The molecule has 0 aromatic heterocycles. The lowest BCUT2D eigenvalue weighted by atomic mass is 9.85. The van der Waals surface area contributed by atoms with Gasteiger partial charge in [0.25, 0.3) is 0 Å². The molecule has 0 aliphatic heterocycles.